The Morgan fingerprint density at radius 2 is 1.50 bits per heavy atom. The fourth-order valence-electron chi connectivity index (χ4n) is 5.27. The van der Waals surface area contributed by atoms with Crippen molar-refractivity contribution in [1.82, 2.24) is 0 Å². The van der Waals surface area contributed by atoms with E-state index in [0.717, 1.165) is 37.7 Å². The number of aliphatic hydroxyl groups excluding tert-OH is 1. The van der Waals surface area contributed by atoms with Crippen molar-refractivity contribution in [1.29, 1.82) is 0 Å². The summed E-state index contributed by atoms with van der Waals surface area (Å²) in [6, 6.07) is 9.51. The second kappa shape index (κ2) is 20.5. The predicted molar refractivity (Wildman–Crippen MR) is 162 cm³/mol. The lowest BCUT2D eigenvalue weighted by Crippen LogP contribution is -2.63. The molecule has 0 saturated carbocycles. The first-order valence-corrected chi connectivity index (χ1v) is 16.0. The number of carbonyl (C=O) groups is 1. The van der Waals surface area contributed by atoms with E-state index in [9.17, 15) is 9.90 Å². The molecule has 7 nitrogen and oxygen atoms in total. The van der Waals surface area contributed by atoms with Crippen LogP contribution in [0.3, 0.4) is 0 Å². The molecule has 2 fully saturated rings. The van der Waals surface area contributed by atoms with Crippen LogP contribution in [0.25, 0.3) is 0 Å². The standard InChI is InChI=1S/C35H50O7/c1-3-4-5-6-7-8-9-10-11-12-13-14-15-16-17-18-19-23-26-30(36)41-33-31(37)32-29(40-35(33)38-2)27-39-34(42-32)28-24-21-20-22-25-28/h20-22,24-25,29,31-35,37H,3-11,16-19,23,26-27H2,1-2H3/t29-,31+,32-,33-,34-,35+/m1/s1. The van der Waals surface area contributed by atoms with E-state index in [2.05, 4.69) is 30.6 Å². The first-order chi connectivity index (χ1) is 20.6. The SMILES string of the molecule is CCCCCCCCCCC#CC#CCCCCCCC(=O)O[C@H]1[C@@H](OC)O[C@@H]2CO[C@@H](c3ccccc3)O[C@H]2[C@@H]1O. The van der Waals surface area contributed by atoms with Gasteiger partial charge in [0.25, 0.3) is 0 Å². The summed E-state index contributed by atoms with van der Waals surface area (Å²) in [6.07, 6.45) is 11.3. The number of hydrogen-bond acceptors (Lipinski definition) is 7. The minimum Gasteiger partial charge on any atom is -0.454 e. The number of carbonyl (C=O) groups excluding carboxylic acids is 1. The number of aliphatic hydroxyl groups is 1. The van der Waals surface area contributed by atoms with Gasteiger partial charge in [-0.05, 0) is 31.1 Å². The molecule has 6 atom stereocenters. The molecule has 0 spiro atoms. The maximum atomic E-state index is 12.6. The quantitative estimate of drug-likeness (QED) is 0.126. The smallest absolute Gasteiger partial charge is 0.306 e. The molecule has 1 N–H and O–H groups in total. The van der Waals surface area contributed by atoms with Crippen molar-refractivity contribution in [3.63, 3.8) is 0 Å². The van der Waals surface area contributed by atoms with Crippen LogP contribution in [0.15, 0.2) is 30.3 Å². The maximum absolute atomic E-state index is 12.6. The molecule has 7 heteroatoms. The molecule has 1 aromatic carbocycles. The molecule has 2 saturated heterocycles. The molecule has 2 heterocycles. The second-order valence-electron chi connectivity index (χ2n) is 11.1. The van der Waals surface area contributed by atoms with Gasteiger partial charge in [0.2, 0.25) is 0 Å². The molecule has 0 bridgehead atoms. The van der Waals surface area contributed by atoms with Gasteiger partial charge in [-0.2, -0.15) is 0 Å². The molecule has 0 amide bonds. The van der Waals surface area contributed by atoms with E-state index in [1.165, 1.54) is 58.5 Å². The average molecular weight is 583 g/mol. The Balaban J connectivity index is 1.26. The van der Waals surface area contributed by atoms with Crippen molar-refractivity contribution in [3.8, 4) is 23.7 Å². The monoisotopic (exact) mass is 582 g/mol. The molecule has 42 heavy (non-hydrogen) atoms. The number of esters is 1. The van der Waals surface area contributed by atoms with Gasteiger partial charge in [-0.15, -0.1) is 0 Å². The van der Waals surface area contributed by atoms with E-state index < -0.39 is 37.0 Å². The van der Waals surface area contributed by atoms with Gasteiger partial charge in [-0.1, -0.05) is 107 Å². The van der Waals surface area contributed by atoms with Crippen molar-refractivity contribution in [2.45, 2.75) is 140 Å². The molecular formula is C35H50O7. The third-order valence-electron chi connectivity index (χ3n) is 7.71. The van der Waals surface area contributed by atoms with Gasteiger partial charge in [0.1, 0.15) is 18.3 Å². The fourth-order valence-corrected chi connectivity index (χ4v) is 5.27. The molecule has 0 aliphatic carbocycles. The summed E-state index contributed by atoms with van der Waals surface area (Å²) in [5.74, 6) is 11.8. The number of rotatable bonds is 17. The Hall–Kier alpha value is -2.39. The first kappa shape index (κ1) is 34.1. The van der Waals surface area contributed by atoms with E-state index in [1.807, 2.05) is 30.3 Å². The molecule has 0 radical (unpaired) electrons. The average Bonchev–Trinajstić information content (AvgIpc) is 3.02. The molecule has 0 unspecified atom stereocenters. The van der Waals surface area contributed by atoms with Crippen molar-refractivity contribution in [3.05, 3.63) is 35.9 Å². The molecule has 232 valence electrons. The third kappa shape index (κ3) is 12.1. The Morgan fingerprint density at radius 1 is 0.881 bits per heavy atom. The lowest BCUT2D eigenvalue weighted by atomic mass is 9.97. The maximum Gasteiger partial charge on any atom is 0.306 e. The highest BCUT2D eigenvalue weighted by molar-refractivity contribution is 5.69. The summed E-state index contributed by atoms with van der Waals surface area (Å²) in [7, 11) is 1.46. The minimum absolute atomic E-state index is 0.234. The van der Waals surface area contributed by atoms with Crippen LogP contribution in [0, 0.1) is 23.7 Å². The summed E-state index contributed by atoms with van der Waals surface area (Å²) in [4.78, 5) is 12.6. The van der Waals surface area contributed by atoms with E-state index in [1.54, 1.807) is 0 Å². The molecule has 0 aromatic heterocycles. The van der Waals surface area contributed by atoms with E-state index in [4.69, 9.17) is 23.7 Å². The van der Waals surface area contributed by atoms with Gasteiger partial charge in [0.05, 0.1) is 6.61 Å². The van der Waals surface area contributed by atoms with Crippen LogP contribution < -0.4 is 0 Å². The zero-order valence-corrected chi connectivity index (χ0v) is 25.6. The van der Waals surface area contributed by atoms with E-state index >= 15 is 0 Å². The molecule has 2 aliphatic heterocycles. The van der Waals surface area contributed by atoms with Crippen LogP contribution in [0.1, 0.15) is 115 Å². The Bertz CT molecular complexity index is 1000. The lowest BCUT2D eigenvalue weighted by Gasteiger charge is -2.46. The normalized spacial score (nSPS) is 24.9. The van der Waals surface area contributed by atoms with Crippen LogP contribution >= 0.6 is 0 Å². The van der Waals surface area contributed by atoms with Gasteiger partial charge in [0, 0.05) is 31.9 Å². The Labute approximate surface area is 253 Å². The first-order valence-electron chi connectivity index (χ1n) is 16.0. The topological polar surface area (TPSA) is 83.5 Å². The Morgan fingerprint density at radius 3 is 2.14 bits per heavy atom. The number of hydrogen-bond donors (Lipinski definition) is 1. The second-order valence-corrected chi connectivity index (χ2v) is 11.1. The number of fused-ring (bicyclic) bond motifs is 1. The summed E-state index contributed by atoms with van der Waals surface area (Å²) in [6.45, 7) is 2.49. The minimum atomic E-state index is -1.10. The summed E-state index contributed by atoms with van der Waals surface area (Å²) in [5.41, 5.74) is 0.846. The lowest BCUT2D eigenvalue weighted by molar-refractivity contribution is -0.358. The van der Waals surface area contributed by atoms with Crippen LogP contribution in [-0.2, 0) is 28.5 Å². The highest BCUT2D eigenvalue weighted by atomic mass is 16.8. The van der Waals surface area contributed by atoms with E-state index in [-0.39, 0.29) is 19.0 Å². The van der Waals surface area contributed by atoms with Crippen LogP contribution in [-0.4, -0.2) is 55.5 Å². The summed E-state index contributed by atoms with van der Waals surface area (Å²) >= 11 is 0. The predicted octanol–water partition coefficient (Wildman–Crippen LogP) is 6.62. The van der Waals surface area contributed by atoms with Crippen LogP contribution in [0.2, 0.25) is 0 Å². The van der Waals surface area contributed by atoms with Crippen molar-refractivity contribution in [2.75, 3.05) is 13.7 Å². The Kier molecular flexibility index (Phi) is 16.6. The summed E-state index contributed by atoms with van der Waals surface area (Å²) < 4.78 is 28.8. The zero-order chi connectivity index (χ0) is 29.8. The molecular weight excluding hydrogens is 532 g/mol. The molecule has 3 rings (SSSR count). The third-order valence-corrected chi connectivity index (χ3v) is 7.71. The highest BCUT2D eigenvalue weighted by Crippen LogP contribution is 2.35. The number of ether oxygens (including phenoxy) is 5. The van der Waals surface area contributed by atoms with Gasteiger partial charge in [0.15, 0.2) is 18.7 Å². The highest BCUT2D eigenvalue weighted by Gasteiger charge is 2.51. The molecule has 2 aliphatic rings. The van der Waals surface area contributed by atoms with Gasteiger partial charge in [-0.3, -0.25) is 4.79 Å². The van der Waals surface area contributed by atoms with Gasteiger partial charge < -0.3 is 28.8 Å². The van der Waals surface area contributed by atoms with E-state index in [0.29, 0.717) is 6.42 Å². The zero-order valence-electron chi connectivity index (χ0n) is 25.6. The number of benzene rings is 1. The van der Waals surface area contributed by atoms with Crippen molar-refractivity contribution < 1.29 is 33.6 Å². The largest absolute Gasteiger partial charge is 0.454 e. The van der Waals surface area contributed by atoms with Crippen LogP contribution in [0.5, 0.6) is 0 Å². The van der Waals surface area contributed by atoms with Gasteiger partial charge in [-0.25, -0.2) is 0 Å². The number of unbranched alkanes of at least 4 members (excludes halogenated alkanes) is 12. The van der Waals surface area contributed by atoms with Crippen molar-refractivity contribution in [2.24, 2.45) is 0 Å². The van der Waals surface area contributed by atoms with Crippen molar-refractivity contribution >= 4 is 5.97 Å². The summed E-state index contributed by atoms with van der Waals surface area (Å²) in [5, 5.41) is 11.1. The molecule has 1 aromatic rings. The van der Waals surface area contributed by atoms with Gasteiger partial charge >= 0.3 is 5.97 Å². The van der Waals surface area contributed by atoms with Crippen LogP contribution in [0.4, 0.5) is 0 Å². The fraction of sp³-hybridized carbons (Fsp3) is 0.686. The number of methoxy groups -OCH3 is 1.